The molecule has 0 amide bonds. The summed E-state index contributed by atoms with van der Waals surface area (Å²) >= 11 is 0. The molecule has 0 bridgehead atoms. The second kappa shape index (κ2) is 3.43. The van der Waals surface area contributed by atoms with Crippen LogP contribution in [0, 0.1) is 11.8 Å². The molecule has 0 saturated carbocycles. The van der Waals surface area contributed by atoms with E-state index in [0.29, 0.717) is 12.0 Å². The molecule has 54 valence electrons. The molecule has 0 aromatic heterocycles. The maximum Gasteiger partial charge on any atom is 0.193 e. The smallest absolute Gasteiger partial charge is 0.193 e. The quantitative estimate of drug-likeness (QED) is 0.333. The molecule has 0 fully saturated rings. The molecule has 2 N–H and O–H groups in total. The van der Waals surface area contributed by atoms with Crippen molar-refractivity contribution < 1.29 is 4.79 Å². The highest BCUT2D eigenvalue weighted by molar-refractivity contribution is 5.74. The molecule has 0 aliphatic rings. The molecular weight excluding hydrogens is 138 g/mol. The predicted octanol–water partition coefficient (Wildman–Crippen LogP) is 0.819. The van der Waals surface area contributed by atoms with Crippen LogP contribution in [0.25, 0.3) is 0 Å². The summed E-state index contributed by atoms with van der Waals surface area (Å²) in [7, 11) is 0. The molecule has 0 aliphatic carbocycles. The van der Waals surface area contributed by atoms with E-state index in [1.807, 2.05) is 0 Å². The predicted molar refractivity (Wildman–Crippen MR) is 43.8 cm³/mol. The highest BCUT2D eigenvalue weighted by Crippen LogP contribution is 2.02. The average Bonchev–Trinajstić information content (AvgIpc) is 2.04. The normalized spacial score (nSPS) is 8.00. The van der Waals surface area contributed by atoms with Crippen LogP contribution >= 0.6 is 0 Å². The van der Waals surface area contributed by atoms with Crippen molar-refractivity contribution >= 4 is 12.0 Å². The Morgan fingerprint density at radius 3 is 2.45 bits per heavy atom. The molecule has 0 unspecified atom stereocenters. The Hall–Kier alpha value is -1.75. The molecule has 0 saturated heterocycles. The summed E-state index contributed by atoms with van der Waals surface area (Å²) in [4.78, 5) is 9.85. The van der Waals surface area contributed by atoms with Crippen LogP contribution in [0.5, 0.6) is 0 Å². The van der Waals surface area contributed by atoms with Crippen LogP contribution in [0.4, 0.5) is 5.69 Å². The minimum absolute atomic E-state index is 0.566. The van der Waals surface area contributed by atoms with E-state index in [1.165, 1.54) is 0 Å². The third kappa shape index (κ3) is 2.15. The molecule has 1 aromatic carbocycles. The molecule has 0 spiro atoms. The summed E-state index contributed by atoms with van der Waals surface area (Å²) in [5.74, 6) is 4.96. The molecule has 0 atom stereocenters. The van der Waals surface area contributed by atoms with Crippen molar-refractivity contribution in [2.24, 2.45) is 0 Å². The maximum absolute atomic E-state index is 9.85. The first-order valence-corrected chi connectivity index (χ1v) is 3.13. The standard InChI is InChI=1S/C9H7NO/c10-9-5-3-8(4-6-9)2-1-7-11/h3-7H,10H2. The SMILES string of the molecule is Nc1ccc(C#CC=O)cc1. The van der Waals surface area contributed by atoms with Crippen molar-refractivity contribution in [1.29, 1.82) is 0 Å². The van der Waals surface area contributed by atoms with Gasteiger partial charge < -0.3 is 5.73 Å². The third-order valence-electron chi connectivity index (χ3n) is 1.19. The summed E-state index contributed by atoms with van der Waals surface area (Å²) in [6.45, 7) is 0. The van der Waals surface area contributed by atoms with Crippen LogP contribution < -0.4 is 5.73 Å². The summed E-state index contributed by atoms with van der Waals surface area (Å²) in [5.41, 5.74) is 6.93. The van der Waals surface area contributed by atoms with Crippen molar-refractivity contribution in [2.45, 2.75) is 0 Å². The Kier molecular flexibility index (Phi) is 2.29. The zero-order chi connectivity index (χ0) is 8.10. The molecule has 1 aromatic rings. The number of anilines is 1. The summed E-state index contributed by atoms with van der Waals surface area (Å²) in [5, 5.41) is 0. The number of nitrogens with two attached hydrogens (primary N) is 1. The monoisotopic (exact) mass is 145 g/mol. The van der Waals surface area contributed by atoms with Crippen LogP contribution in [-0.4, -0.2) is 6.29 Å². The van der Waals surface area contributed by atoms with Gasteiger partial charge >= 0.3 is 0 Å². The van der Waals surface area contributed by atoms with Gasteiger partial charge in [0.2, 0.25) is 0 Å². The fourth-order valence-corrected chi connectivity index (χ4v) is 0.679. The first-order valence-electron chi connectivity index (χ1n) is 3.13. The topological polar surface area (TPSA) is 43.1 Å². The lowest BCUT2D eigenvalue weighted by atomic mass is 10.2. The van der Waals surface area contributed by atoms with Crippen LogP contribution in [0.3, 0.4) is 0 Å². The lowest BCUT2D eigenvalue weighted by molar-refractivity contribution is -0.103. The van der Waals surface area contributed by atoms with Gasteiger partial charge in [0, 0.05) is 11.3 Å². The number of aldehydes is 1. The zero-order valence-electron chi connectivity index (χ0n) is 5.87. The first kappa shape index (κ1) is 7.36. The summed E-state index contributed by atoms with van der Waals surface area (Å²) in [6.07, 6.45) is 0.566. The Labute approximate surface area is 65.0 Å². The van der Waals surface area contributed by atoms with Gasteiger partial charge in [0.15, 0.2) is 6.29 Å². The number of rotatable bonds is 0. The number of carbonyl (C=O) groups excluding carboxylic acids is 1. The minimum atomic E-state index is 0.566. The fourth-order valence-electron chi connectivity index (χ4n) is 0.679. The van der Waals surface area contributed by atoms with Gasteiger partial charge in [-0.25, -0.2) is 0 Å². The van der Waals surface area contributed by atoms with Gasteiger partial charge in [-0.05, 0) is 30.2 Å². The van der Waals surface area contributed by atoms with E-state index in [9.17, 15) is 4.79 Å². The van der Waals surface area contributed by atoms with E-state index < -0.39 is 0 Å². The number of benzene rings is 1. The second-order valence-corrected chi connectivity index (χ2v) is 2.01. The van der Waals surface area contributed by atoms with Crippen molar-refractivity contribution in [3.05, 3.63) is 29.8 Å². The Balaban J connectivity index is 2.90. The van der Waals surface area contributed by atoms with Crippen LogP contribution in [-0.2, 0) is 4.79 Å². The number of hydrogen-bond acceptors (Lipinski definition) is 2. The summed E-state index contributed by atoms with van der Waals surface area (Å²) in [6, 6.07) is 7.03. The van der Waals surface area contributed by atoms with E-state index in [0.717, 1.165) is 5.56 Å². The molecule has 0 heterocycles. The molecule has 0 radical (unpaired) electrons. The average molecular weight is 145 g/mol. The molecule has 2 heteroatoms. The van der Waals surface area contributed by atoms with Crippen molar-refractivity contribution in [2.75, 3.05) is 5.73 Å². The number of hydrogen-bond donors (Lipinski definition) is 1. The van der Waals surface area contributed by atoms with Gasteiger partial charge in [-0.2, -0.15) is 0 Å². The van der Waals surface area contributed by atoms with E-state index >= 15 is 0 Å². The molecule has 2 nitrogen and oxygen atoms in total. The Bertz CT molecular complexity index is 303. The maximum atomic E-state index is 9.85. The Morgan fingerprint density at radius 1 is 1.27 bits per heavy atom. The van der Waals surface area contributed by atoms with Gasteiger partial charge in [-0.3, -0.25) is 4.79 Å². The lowest BCUT2D eigenvalue weighted by Gasteiger charge is -1.90. The largest absolute Gasteiger partial charge is 0.399 e. The minimum Gasteiger partial charge on any atom is -0.399 e. The van der Waals surface area contributed by atoms with Gasteiger partial charge in [-0.1, -0.05) is 5.92 Å². The molecular formula is C9H7NO. The van der Waals surface area contributed by atoms with Crippen molar-refractivity contribution in [3.8, 4) is 11.8 Å². The van der Waals surface area contributed by atoms with E-state index in [4.69, 9.17) is 5.73 Å². The van der Waals surface area contributed by atoms with Crippen LogP contribution in [0.15, 0.2) is 24.3 Å². The number of carbonyl (C=O) groups is 1. The highest BCUT2D eigenvalue weighted by Gasteiger charge is 1.84. The van der Waals surface area contributed by atoms with Crippen LogP contribution in [0.1, 0.15) is 5.56 Å². The van der Waals surface area contributed by atoms with Gasteiger partial charge in [0.05, 0.1) is 0 Å². The third-order valence-corrected chi connectivity index (χ3v) is 1.19. The molecule has 0 aliphatic heterocycles. The van der Waals surface area contributed by atoms with E-state index in [-0.39, 0.29) is 0 Å². The first-order chi connectivity index (χ1) is 5.33. The lowest BCUT2D eigenvalue weighted by Crippen LogP contribution is -1.82. The second-order valence-electron chi connectivity index (χ2n) is 2.01. The van der Waals surface area contributed by atoms with Gasteiger partial charge in [-0.15, -0.1) is 0 Å². The fraction of sp³-hybridized carbons (Fsp3) is 0. The van der Waals surface area contributed by atoms with E-state index in [1.54, 1.807) is 24.3 Å². The highest BCUT2D eigenvalue weighted by atomic mass is 16.1. The van der Waals surface area contributed by atoms with Crippen LogP contribution in [0.2, 0.25) is 0 Å². The van der Waals surface area contributed by atoms with E-state index in [2.05, 4.69) is 11.8 Å². The summed E-state index contributed by atoms with van der Waals surface area (Å²) < 4.78 is 0. The van der Waals surface area contributed by atoms with Crippen molar-refractivity contribution in [1.82, 2.24) is 0 Å². The molecule has 1 rings (SSSR count). The van der Waals surface area contributed by atoms with Crippen molar-refractivity contribution in [3.63, 3.8) is 0 Å². The number of nitrogen functional groups attached to an aromatic ring is 1. The zero-order valence-corrected chi connectivity index (χ0v) is 5.87. The van der Waals surface area contributed by atoms with Gasteiger partial charge in [0.1, 0.15) is 0 Å². The molecule has 11 heavy (non-hydrogen) atoms. The van der Waals surface area contributed by atoms with Gasteiger partial charge in [0.25, 0.3) is 0 Å². The Morgan fingerprint density at radius 2 is 1.91 bits per heavy atom.